The molecule has 1 aromatic carbocycles. The Morgan fingerprint density at radius 2 is 2.20 bits per heavy atom. The number of carbonyl (C=O) groups excluding carboxylic acids is 1. The van der Waals surface area contributed by atoms with E-state index in [0.717, 1.165) is 12.8 Å². The van der Waals surface area contributed by atoms with Gasteiger partial charge >= 0.3 is 6.09 Å². The van der Waals surface area contributed by atoms with Crippen LogP contribution in [-0.4, -0.2) is 41.8 Å². The molecule has 1 fully saturated rings. The summed E-state index contributed by atoms with van der Waals surface area (Å²) in [6.45, 7) is 0.457. The fraction of sp³-hybridized carbons (Fsp3) is 0.429. The molecule has 6 heteroatoms. The normalized spacial score (nSPS) is 18.4. The summed E-state index contributed by atoms with van der Waals surface area (Å²) in [4.78, 5) is 24.6. The number of hydrogen-bond acceptors (Lipinski definition) is 3. The molecule has 1 heterocycles. The monoisotopic (exact) mass is 278 g/mol. The second kappa shape index (κ2) is 6.27. The molecule has 0 saturated carbocycles. The van der Waals surface area contributed by atoms with Crippen LogP contribution in [-0.2, 0) is 0 Å². The Morgan fingerprint density at radius 1 is 1.40 bits per heavy atom. The van der Waals surface area contributed by atoms with Gasteiger partial charge in [0.15, 0.2) is 0 Å². The largest absolute Gasteiger partial charge is 0.497 e. The lowest BCUT2D eigenvalue weighted by Gasteiger charge is -2.33. The predicted molar refractivity (Wildman–Crippen MR) is 72.8 cm³/mol. The number of benzene rings is 1. The highest BCUT2D eigenvalue weighted by atomic mass is 16.5. The Hall–Kier alpha value is -2.24. The first-order chi connectivity index (χ1) is 9.61. The smallest absolute Gasteiger partial charge is 0.408 e. The van der Waals surface area contributed by atoms with Crippen molar-refractivity contribution in [3.8, 4) is 5.75 Å². The molecule has 1 unspecified atom stereocenters. The van der Waals surface area contributed by atoms with Crippen LogP contribution >= 0.6 is 0 Å². The third-order valence-corrected chi connectivity index (χ3v) is 3.38. The SMILES string of the molecule is COc1cccc(C(=O)NC2CCCCN2C(=O)O)c1. The summed E-state index contributed by atoms with van der Waals surface area (Å²) in [6.07, 6.45) is 0.924. The van der Waals surface area contributed by atoms with Crippen LogP contribution in [0.1, 0.15) is 29.6 Å². The lowest BCUT2D eigenvalue weighted by atomic mass is 10.1. The minimum atomic E-state index is -0.999. The average Bonchev–Trinajstić information content (AvgIpc) is 2.47. The molecule has 1 aliphatic heterocycles. The van der Waals surface area contributed by atoms with Gasteiger partial charge in [0.2, 0.25) is 0 Å². The summed E-state index contributed by atoms with van der Waals surface area (Å²) in [6, 6.07) is 6.78. The maximum atomic E-state index is 12.2. The molecular weight excluding hydrogens is 260 g/mol. The molecule has 0 aliphatic carbocycles. The molecule has 0 aromatic heterocycles. The van der Waals surface area contributed by atoms with E-state index in [-0.39, 0.29) is 5.91 Å². The van der Waals surface area contributed by atoms with E-state index < -0.39 is 12.3 Å². The van der Waals surface area contributed by atoms with Crippen molar-refractivity contribution in [2.24, 2.45) is 0 Å². The van der Waals surface area contributed by atoms with Crippen molar-refractivity contribution in [1.29, 1.82) is 0 Å². The minimum absolute atomic E-state index is 0.290. The Labute approximate surface area is 117 Å². The molecule has 0 radical (unpaired) electrons. The summed E-state index contributed by atoms with van der Waals surface area (Å²) >= 11 is 0. The second-order valence-electron chi connectivity index (χ2n) is 4.69. The first-order valence-corrected chi connectivity index (χ1v) is 6.56. The van der Waals surface area contributed by atoms with Gasteiger partial charge in [-0.2, -0.15) is 0 Å². The molecule has 0 spiro atoms. The molecule has 1 aromatic rings. The lowest BCUT2D eigenvalue weighted by Crippen LogP contribution is -2.52. The van der Waals surface area contributed by atoms with E-state index in [0.29, 0.717) is 24.3 Å². The van der Waals surface area contributed by atoms with Crippen molar-refractivity contribution in [2.75, 3.05) is 13.7 Å². The Balaban J connectivity index is 2.07. The molecule has 20 heavy (non-hydrogen) atoms. The molecule has 108 valence electrons. The fourth-order valence-electron chi connectivity index (χ4n) is 2.31. The molecule has 6 nitrogen and oxygen atoms in total. The number of carboxylic acid groups (broad SMARTS) is 1. The molecule has 0 bridgehead atoms. The number of ether oxygens (including phenoxy) is 1. The zero-order valence-electron chi connectivity index (χ0n) is 11.3. The van der Waals surface area contributed by atoms with Crippen molar-refractivity contribution >= 4 is 12.0 Å². The van der Waals surface area contributed by atoms with Gasteiger partial charge in [-0.1, -0.05) is 6.07 Å². The van der Waals surface area contributed by atoms with E-state index in [2.05, 4.69) is 5.32 Å². The van der Waals surface area contributed by atoms with Gasteiger partial charge in [0.1, 0.15) is 11.9 Å². The van der Waals surface area contributed by atoms with Gasteiger partial charge in [-0.3, -0.25) is 9.69 Å². The van der Waals surface area contributed by atoms with Crippen molar-refractivity contribution < 1.29 is 19.4 Å². The van der Waals surface area contributed by atoms with E-state index in [1.807, 2.05) is 0 Å². The van der Waals surface area contributed by atoms with Crippen molar-refractivity contribution in [1.82, 2.24) is 10.2 Å². The van der Waals surface area contributed by atoms with E-state index in [1.165, 1.54) is 12.0 Å². The fourth-order valence-corrected chi connectivity index (χ4v) is 2.31. The van der Waals surface area contributed by atoms with Crippen LogP contribution in [0.4, 0.5) is 4.79 Å². The lowest BCUT2D eigenvalue weighted by molar-refractivity contribution is 0.0746. The van der Waals surface area contributed by atoms with E-state index in [4.69, 9.17) is 9.84 Å². The first-order valence-electron chi connectivity index (χ1n) is 6.56. The Kier molecular flexibility index (Phi) is 4.45. The molecule has 2 N–H and O–H groups in total. The van der Waals surface area contributed by atoms with Crippen molar-refractivity contribution in [2.45, 2.75) is 25.4 Å². The van der Waals surface area contributed by atoms with Crippen molar-refractivity contribution in [3.63, 3.8) is 0 Å². The predicted octanol–water partition coefficient (Wildman–Crippen LogP) is 1.92. The maximum absolute atomic E-state index is 12.2. The number of piperidine rings is 1. The van der Waals surface area contributed by atoms with Crippen LogP contribution < -0.4 is 10.1 Å². The highest BCUT2D eigenvalue weighted by molar-refractivity contribution is 5.94. The molecule has 2 rings (SSSR count). The Bertz CT molecular complexity index is 504. The van der Waals surface area contributed by atoms with Gasteiger partial charge in [-0.05, 0) is 37.5 Å². The van der Waals surface area contributed by atoms with Gasteiger partial charge in [0.25, 0.3) is 5.91 Å². The standard InChI is InChI=1S/C14H18N2O4/c1-20-11-6-4-5-10(9-11)13(17)15-12-7-2-3-8-16(12)14(18)19/h4-6,9,12H,2-3,7-8H2,1H3,(H,15,17)(H,18,19). The number of rotatable bonds is 3. The molecule has 1 aliphatic rings. The maximum Gasteiger partial charge on any atom is 0.408 e. The highest BCUT2D eigenvalue weighted by Crippen LogP contribution is 2.17. The number of carbonyl (C=O) groups is 2. The van der Waals surface area contributed by atoms with Gasteiger partial charge < -0.3 is 15.2 Å². The van der Waals surface area contributed by atoms with Crippen LogP contribution in [0.15, 0.2) is 24.3 Å². The zero-order chi connectivity index (χ0) is 14.5. The second-order valence-corrected chi connectivity index (χ2v) is 4.69. The van der Waals surface area contributed by atoms with Gasteiger partial charge in [0.05, 0.1) is 7.11 Å². The molecule has 1 atom stereocenters. The molecular formula is C14H18N2O4. The quantitative estimate of drug-likeness (QED) is 0.885. The number of likely N-dealkylation sites (tertiary alicyclic amines) is 1. The van der Waals surface area contributed by atoms with Crippen LogP contribution in [0.2, 0.25) is 0 Å². The van der Waals surface area contributed by atoms with Crippen LogP contribution in [0.25, 0.3) is 0 Å². The topological polar surface area (TPSA) is 78.9 Å². The van der Waals surface area contributed by atoms with Gasteiger partial charge in [0, 0.05) is 12.1 Å². The van der Waals surface area contributed by atoms with Gasteiger partial charge in [-0.15, -0.1) is 0 Å². The van der Waals surface area contributed by atoms with Crippen LogP contribution in [0.3, 0.4) is 0 Å². The highest BCUT2D eigenvalue weighted by Gasteiger charge is 2.27. The van der Waals surface area contributed by atoms with E-state index >= 15 is 0 Å². The zero-order valence-corrected chi connectivity index (χ0v) is 11.3. The van der Waals surface area contributed by atoms with Gasteiger partial charge in [-0.25, -0.2) is 4.79 Å². The summed E-state index contributed by atoms with van der Waals surface area (Å²) in [5.41, 5.74) is 0.459. The third-order valence-electron chi connectivity index (χ3n) is 3.38. The summed E-state index contributed by atoms with van der Waals surface area (Å²) in [5, 5.41) is 11.9. The number of amides is 2. The van der Waals surface area contributed by atoms with E-state index in [1.54, 1.807) is 24.3 Å². The Morgan fingerprint density at radius 3 is 2.90 bits per heavy atom. The number of hydrogen-bond donors (Lipinski definition) is 2. The van der Waals surface area contributed by atoms with Crippen molar-refractivity contribution in [3.05, 3.63) is 29.8 Å². The summed E-state index contributed by atoms with van der Waals surface area (Å²) < 4.78 is 5.07. The van der Waals surface area contributed by atoms with Crippen LogP contribution in [0, 0.1) is 0 Å². The molecule has 2 amide bonds. The summed E-state index contributed by atoms with van der Waals surface area (Å²) in [5.74, 6) is 0.304. The first kappa shape index (κ1) is 14.2. The number of nitrogens with zero attached hydrogens (tertiary/aromatic N) is 1. The number of methoxy groups -OCH3 is 1. The average molecular weight is 278 g/mol. The van der Waals surface area contributed by atoms with Crippen LogP contribution in [0.5, 0.6) is 5.75 Å². The molecule has 1 saturated heterocycles. The third kappa shape index (κ3) is 3.20. The van der Waals surface area contributed by atoms with E-state index in [9.17, 15) is 9.59 Å². The minimum Gasteiger partial charge on any atom is -0.497 e. The summed E-state index contributed by atoms with van der Waals surface area (Å²) in [7, 11) is 1.53. The number of nitrogens with one attached hydrogen (secondary N) is 1.